The van der Waals surface area contributed by atoms with E-state index in [9.17, 15) is 4.79 Å². The molecule has 0 fully saturated rings. The van der Waals surface area contributed by atoms with Crippen LogP contribution in [0, 0.1) is 0 Å². The monoisotopic (exact) mass is 292 g/mol. The second-order valence-electron chi connectivity index (χ2n) is 3.88. The van der Waals surface area contributed by atoms with Crippen LogP contribution in [0.2, 0.25) is 0 Å². The maximum Gasteiger partial charge on any atom is 0.197 e. The zero-order valence-corrected chi connectivity index (χ0v) is 11.2. The van der Waals surface area contributed by atoms with Crippen molar-refractivity contribution in [1.82, 2.24) is 0 Å². The number of aryl methyl sites for hydroxylation is 1. The van der Waals surface area contributed by atoms with Gasteiger partial charge in [0.2, 0.25) is 0 Å². The Bertz CT molecular complexity index is 511. The summed E-state index contributed by atoms with van der Waals surface area (Å²) in [6.07, 6.45) is 3.66. The summed E-state index contributed by atoms with van der Waals surface area (Å²) in [6, 6.07) is 9.42. The summed E-state index contributed by atoms with van der Waals surface area (Å²) in [7, 11) is 0. The van der Waals surface area contributed by atoms with Crippen molar-refractivity contribution in [2.75, 3.05) is 0 Å². The minimum Gasteiger partial charge on any atom is -0.457 e. The minimum absolute atomic E-state index is 0.0197. The third-order valence-corrected chi connectivity index (χ3v) is 3.23. The number of carbonyl (C=O) groups is 1. The SMILES string of the molecule is CCCc1ccc(C(=O)c2ccoc2Br)cc1. The molecule has 0 aliphatic carbocycles. The van der Waals surface area contributed by atoms with Crippen LogP contribution in [0.15, 0.2) is 45.7 Å². The molecule has 2 aromatic rings. The van der Waals surface area contributed by atoms with Crippen LogP contribution >= 0.6 is 15.9 Å². The molecule has 1 aromatic heterocycles. The summed E-state index contributed by atoms with van der Waals surface area (Å²) in [5.74, 6) is -0.0197. The number of benzene rings is 1. The lowest BCUT2D eigenvalue weighted by Crippen LogP contribution is -2.00. The number of hydrogen-bond donors (Lipinski definition) is 0. The molecular formula is C14H13BrO2. The number of rotatable bonds is 4. The fourth-order valence-corrected chi connectivity index (χ4v) is 2.14. The van der Waals surface area contributed by atoms with Crippen molar-refractivity contribution in [3.63, 3.8) is 0 Å². The highest BCUT2D eigenvalue weighted by Crippen LogP contribution is 2.21. The quantitative estimate of drug-likeness (QED) is 0.790. The molecule has 0 atom stereocenters. The third-order valence-electron chi connectivity index (χ3n) is 2.62. The number of hydrogen-bond acceptors (Lipinski definition) is 2. The first-order valence-electron chi connectivity index (χ1n) is 5.59. The maximum absolute atomic E-state index is 12.1. The van der Waals surface area contributed by atoms with Gasteiger partial charge in [0.15, 0.2) is 10.5 Å². The Balaban J connectivity index is 2.23. The Kier molecular flexibility index (Phi) is 3.79. The smallest absolute Gasteiger partial charge is 0.197 e. The lowest BCUT2D eigenvalue weighted by atomic mass is 10.0. The Morgan fingerprint density at radius 3 is 2.47 bits per heavy atom. The predicted octanol–water partition coefficient (Wildman–Crippen LogP) is 4.23. The topological polar surface area (TPSA) is 30.2 Å². The highest BCUT2D eigenvalue weighted by atomic mass is 79.9. The van der Waals surface area contributed by atoms with Crippen molar-refractivity contribution in [1.29, 1.82) is 0 Å². The molecule has 3 heteroatoms. The van der Waals surface area contributed by atoms with Gasteiger partial charge in [0.05, 0.1) is 11.8 Å². The van der Waals surface area contributed by atoms with Crippen LogP contribution in [0.1, 0.15) is 34.8 Å². The van der Waals surface area contributed by atoms with Gasteiger partial charge >= 0.3 is 0 Å². The van der Waals surface area contributed by atoms with Gasteiger partial charge in [-0.15, -0.1) is 0 Å². The summed E-state index contributed by atoms with van der Waals surface area (Å²) >= 11 is 3.22. The first kappa shape index (κ1) is 12.1. The van der Waals surface area contributed by atoms with E-state index >= 15 is 0 Å². The average Bonchev–Trinajstić information content (AvgIpc) is 2.76. The van der Waals surface area contributed by atoms with E-state index in [2.05, 4.69) is 22.9 Å². The van der Waals surface area contributed by atoms with Crippen LogP contribution in [0.3, 0.4) is 0 Å². The van der Waals surface area contributed by atoms with Gasteiger partial charge in [-0.3, -0.25) is 4.79 Å². The first-order chi connectivity index (χ1) is 8.22. The Morgan fingerprint density at radius 2 is 1.94 bits per heavy atom. The number of halogens is 1. The van der Waals surface area contributed by atoms with Crippen LogP contribution in [-0.4, -0.2) is 5.78 Å². The van der Waals surface area contributed by atoms with Crippen LogP contribution in [0.4, 0.5) is 0 Å². The van der Waals surface area contributed by atoms with Crippen LogP contribution in [0.5, 0.6) is 0 Å². The van der Waals surface area contributed by atoms with Gasteiger partial charge < -0.3 is 4.42 Å². The molecule has 0 saturated heterocycles. The molecule has 0 unspecified atom stereocenters. The van der Waals surface area contributed by atoms with Gasteiger partial charge in [-0.2, -0.15) is 0 Å². The van der Waals surface area contributed by atoms with E-state index in [0.29, 0.717) is 15.8 Å². The zero-order valence-electron chi connectivity index (χ0n) is 9.57. The molecule has 0 saturated carbocycles. The van der Waals surface area contributed by atoms with E-state index in [4.69, 9.17) is 4.42 Å². The van der Waals surface area contributed by atoms with Gasteiger partial charge in [-0.1, -0.05) is 37.6 Å². The Morgan fingerprint density at radius 1 is 1.24 bits per heavy atom. The lowest BCUT2D eigenvalue weighted by molar-refractivity contribution is 0.103. The second kappa shape index (κ2) is 5.32. The fourth-order valence-electron chi connectivity index (χ4n) is 1.72. The molecule has 1 heterocycles. The van der Waals surface area contributed by atoms with Gasteiger partial charge in [-0.05, 0) is 34.0 Å². The standard InChI is InChI=1S/C14H13BrO2/c1-2-3-10-4-6-11(7-5-10)13(16)12-8-9-17-14(12)15/h4-9H,2-3H2,1H3. The van der Waals surface area contributed by atoms with Crippen molar-refractivity contribution >= 4 is 21.7 Å². The zero-order chi connectivity index (χ0) is 12.3. The largest absolute Gasteiger partial charge is 0.457 e. The fraction of sp³-hybridized carbons (Fsp3) is 0.214. The number of ketones is 1. The van der Waals surface area contributed by atoms with Crippen molar-refractivity contribution in [2.45, 2.75) is 19.8 Å². The molecule has 0 radical (unpaired) electrons. The van der Waals surface area contributed by atoms with Crippen molar-refractivity contribution in [3.05, 3.63) is 58.0 Å². The Labute approximate surface area is 109 Å². The van der Waals surface area contributed by atoms with Crippen molar-refractivity contribution in [2.24, 2.45) is 0 Å². The van der Waals surface area contributed by atoms with Gasteiger partial charge in [0, 0.05) is 5.56 Å². The van der Waals surface area contributed by atoms with Crippen molar-refractivity contribution in [3.8, 4) is 0 Å². The summed E-state index contributed by atoms with van der Waals surface area (Å²) in [5.41, 5.74) is 2.51. The summed E-state index contributed by atoms with van der Waals surface area (Å²) in [5, 5.41) is 0. The highest BCUT2D eigenvalue weighted by molar-refractivity contribution is 9.10. The summed E-state index contributed by atoms with van der Waals surface area (Å²) < 4.78 is 5.55. The Hall–Kier alpha value is -1.35. The molecule has 0 amide bonds. The van der Waals surface area contributed by atoms with Crippen molar-refractivity contribution < 1.29 is 9.21 Å². The van der Waals surface area contributed by atoms with Gasteiger partial charge in [-0.25, -0.2) is 0 Å². The minimum atomic E-state index is -0.0197. The van der Waals surface area contributed by atoms with E-state index in [1.165, 1.54) is 11.8 Å². The summed E-state index contributed by atoms with van der Waals surface area (Å²) in [6.45, 7) is 2.14. The van der Waals surface area contributed by atoms with Gasteiger partial charge in [0.25, 0.3) is 0 Å². The predicted molar refractivity (Wildman–Crippen MR) is 70.3 cm³/mol. The van der Waals surface area contributed by atoms with Gasteiger partial charge in [0.1, 0.15) is 0 Å². The van der Waals surface area contributed by atoms with E-state index < -0.39 is 0 Å². The number of furan rings is 1. The molecule has 0 spiro atoms. The molecule has 0 aliphatic heterocycles. The van der Waals surface area contributed by atoms with Crippen LogP contribution < -0.4 is 0 Å². The normalized spacial score (nSPS) is 10.5. The molecular weight excluding hydrogens is 280 g/mol. The van der Waals surface area contributed by atoms with Crippen LogP contribution in [-0.2, 0) is 6.42 Å². The molecule has 88 valence electrons. The average molecular weight is 293 g/mol. The molecule has 2 nitrogen and oxygen atoms in total. The first-order valence-corrected chi connectivity index (χ1v) is 6.38. The number of carbonyl (C=O) groups excluding carboxylic acids is 1. The lowest BCUT2D eigenvalue weighted by Gasteiger charge is -2.01. The summed E-state index contributed by atoms with van der Waals surface area (Å²) in [4.78, 5) is 12.1. The molecule has 0 bridgehead atoms. The molecule has 2 rings (SSSR count). The van der Waals surface area contributed by atoms with E-state index in [1.54, 1.807) is 6.07 Å². The molecule has 1 aromatic carbocycles. The molecule has 0 aliphatic rings. The van der Waals surface area contributed by atoms with E-state index in [0.717, 1.165) is 12.8 Å². The maximum atomic E-state index is 12.1. The van der Waals surface area contributed by atoms with E-state index in [1.807, 2.05) is 24.3 Å². The molecule has 17 heavy (non-hydrogen) atoms. The highest BCUT2D eigenvalue weighted by Gasteiger charge is 2.14. The second-order valence-corrected chi connectivity index (χ2v) is 4.60. The third kappa shape index (κ3) is 2.67. The van der Waals surface area contributed by atoms with Crippen LogP contribution in [0.25, 0.3) is 0 Å². The molecule has 0 N–H and O–H groups in total. The van der Waals surface area contributed by atoms with E-state index in [-0.39, 0.29) is 5.78 Å².